The number of anilines is 1. The number of sulfonamides is 1. The molecule has 0 bridgehead atoms. The SMILES string of the molecule is Cc1ccc(OCC(C)NC(=O)c2ccc(C)c(N3CCCCS3(=O)=O)c2)cc1C. The third-order valence-corrected chi connectivity index (χ3v) is 7.30. The Kier molecular flexibility index (Phi) is 6.71. The van der Waals surface area contributed by atoms with E-state index in [4.69, 9.17) is 4.74 Å². The fourth-order valence-corrected chi connectivity index (χ4v) is 5.15. The van der Waals surface area contributed by atoms with Gasteiger partial charge < -0.3 is 10.1 Å². The maximum absolute atomic E-state index is 12.7. The molecule has 0 aliphatic carbocycles. The van der Waals surface area contributed by atoms with E-state index in [1.54, 1.807) is 18.2 Å². The molecule has 1 unspecified atom stereocenters. The number of ether oxygens (including phenoxy) is 1. The van der Waals surface area contributed by atoms with Gasteiger partial charge in [-0.3, -0.25) is 9.10 Å². The second kappa shape index (κ2) is 9.08. The predicted octanol–water partition coefficient (Wildman–Crippen LogP) is 3.74. The zero-order valence-electron chi connectivity index (χ0n) is 18.1. The van der Waals surface area contributed by atoms with E-state index in [2.05, 4.69) is 5.32 Å². The average molecular weight is 431 g/mol. The summed E-state index contributed by atoms with van der Waals surface area (Å²) in [6, 6.07) is 10.9. The Labute approximate surface area is 179 Å². The number of nitrogens with zero attached hydrogens (tertiary/aromatic N) is 1. The fourth-order valence-electron chi connectivity index (χ4n) is 3.45. The number of rotatable bonds is 6. The van der Waals surface area contributed by atoms with Crippen molar-refractivity contribution in [2.45, 2.75) is 46.6 Å². The summed E-state index contributed by atoms with van der Waals surface area (Å²) < 4.78 is 32.2. The number of hydrogen-bond acceptors (Lipinski definition) is 4. The minimum absolute atomic E-state index is 0.149. The van der Waals surface area contributed by atoms with Crippen molar-refractivity contribution in [2.24, 2.45) is 0 Å². The van der Waals surface area contributed by atoms with Crippen LogP contribution < -0.4 is 14.4 Å². The highest BCUT2D eigenvalue weighted by Gasteiger charge is 2.27. The van der Waals surface area contributed by atoms with Crippen LogP contribution in [0.25, 0.3) is 0 Å². The van der Waals surface area contributed by atoms with Gasteiger partial charge in [-0.1, -0.05) is 12.1 Å². The van der Waals surface area contributed by atoms with E-state index in [9.17, 15) is 13.2 Å². The topological polar surface area (TPSA) is 75.7 Å². The highest BCUT2D eigenvalue weighted by Crippen LogP contribution is 2.28. The minimum atomic E-state index is -3.33. The van der Waals surface area contributed by atoms with Crippen LogP contribution in [0.1, 0.15) is 46.8 Å². The first-order valence-electron chi connectivity index (χ1n) is 10.3. The van der Waals surface area contributed by atoms with Crippen molar-refractivity contribution in [2.75, 3.05) is 23.2 Å². The van der Waals surface area contributed by atoms with Crippen LogP contribution in [-0.4, -0.2) is 39.3 Å². The Balaban J connectivity index is 1.67. The summed E-state index contributed by atoms with van der Waals surface area (Å²) in [6.07, 6.45) is 1.50. The summed E-state index contributed by atoms with van der Waals surface area (Å²) in [6.45, 7) is 8.62. The van der Waals surface area contributed by atoms with E-state index in [0.29, 0.717) is 30.8 Å². The van der Waals surface area contributed by atoms with E-state index in [1.165, 1.54) is 9.87 Å². The van der Waals surface area contributed by atoms with E-state index in [-0.39, 0.29) is 17.7 Å². The van der Waals surface area contributed by atoms with E-state index in [1.807, 2.05) is 45.9 Å². The molecule has 6 nitrogen and oxygen atoms in total. The van der Waals surface area contributed by atoms with Crippen molar-refractivity contribution < 1.29 is 17.9 Å². The summed E-state index contributed by atoms with van der Waals surface area (Å²) in [5.41, 5.74) is 4.22. The van der Waals surface area contributed by atoms with Gasteiger partial charge in [0.25, 0.3) is 5.91 Å². The molecule has 1 amide bonds. The first-order chi connectivity index (χ1) is 14.2. The number of benzene rings is 2. The predicted molar refractivity (Wildman–Crippen MR) is 120 cm³/mol. The van der Waals surface area contributed by atoms with E-state index in [0.717, 1.165) is 23.3 Å². The molecule has 0 spiro atoms. The zero-order valence-corrected chi connectivity index (χ0v) is 18.9. The normalized spacial score (nSPS) is 16.7. The highest BCUT2D eigenvalue weighted by atomic mass is 32.2. The number of hydrogen-bond donors (Lipinski definition) is 1. The van der Waals surface area contributed by atoms with Gasteiger partial charge in [-0.25, -0.2) is 8.42 Å². The Hall–Kier alpha value is -2.54. The van der Waals surface area contributed by atoms with Crippen molar-refractivity contribution in [3.63, 3.8) is 0 Å². The molecule has 1 N–H and O–H groups in total. The van der Waals surface area contributed by atoms with Gasteiger partial charge in [-0.2, -0.15) is 0 Å². The average Bonchev–Trinajstić information content (AvgIpc) is 2.69. The van der Waals surface area contributed by atoms with Crippen LogP contribution in [0, 0.1) is 20.8 Å². The number of carbonyl (C=O) groups excluding carboxylic acids is 1. The van der Waals surface area contributed by atoms with Gasteiger partial charge >= 0.3 is 0 Å². The van der Waals surface area contributed by atoms with Crippen molar-refractivity contribution in [3.05, 3.63) is 58.7 Å². The first-order valence-corrected chi connectivity index (χ1v) is 11.9. The molecule has 2 aromatic carbocycles. The van der Waals surface area contributed by atoms with Crippen molar-refractivity contribution in [3.8, 4) is 5.75 Å². The molecule has 1 fully saturated rings. The lowest BCUT2D eigenvalue weighted by atomic mass is 10.1. The molecule has 30 heavy (non-hydrogen) atoms. The number of amides is 1. The summed E-state index contributed by atoms with van der Waals surface area (Å²) in [7, 11) is -3.33. The standard InChI is InChI=1S/C23H30N2O4S/c1-16-8-10-21(13-18(16)3)29-15-19(4)24-23(26)20-9-7-17(2)22(14-20)25-11-5-6-12-30(25,27)28/h7-10,13-14,19H,5-6,11-12,15H2,1-4H3,(H,24,26). The van der Waals surface area contributed by atoms with Gasteiger partial charge in [-0.05, 0) is 81.5 Å². The summed E-state index contributed by atoms with van der Waals surface area (Å²) >= 11 is 0. The van der Waals surface area contributed by atoms with Crippen LogP contribution in [0.5, 0.6) is 5.75 Å². The van der Waals surface area contributed by atoms with Crippen LogP contribution in [0.3, 0.4) is 0 Å². The Morgan fingerprint density at radius 3 is 2.50 bits per heavy atom. The third-order valence-electron chi connectivity index (χ3n) is 5.45. The van der Waals surface area contributed by atoms with Crippen LogP contribution in [-0.2, 0) is 10.0 Å². The zero-order chi connectivity index (χ0) is 21.9. The van der Waals surface area contributed by atoms with Gasteiger partial charge in [0.2, 0.25) is 10.0 Å². The molecule has 0 aromatic heterocycles. The smallest absolute Gasteiger partial charge is 0.251 e. The Morgan fingerprint density at radius 1 is 1.07 bits per heavy atom. The van der Waals surface area contributed by atoms with E-state index >= 15 is 0 Å². The maximum atomic E-state index is 12.7. The van der Waals surface area contributed by atoms with Crippen LogP contribution in [0.2, 0.25) is 0 Å². The molecule has 1 aliphatic heterocycles. The number of nitrogens with one attached hydrogen (secondary N) is 1. The monoisotopic (exact) mass is 430 g/mol. The molecule has 0 radical (unpaired) electrons. The maximum Gasteiger partial charge on any atom is 0.251 e. The van der Waals surface area contributed by atoms with Gasteiger partial charge in [0, 0.05) is 12.1 Å². The largest absolute Gasteiger partial charge is 0.491 e. The first kappa shape index (κ1) is 22.2. The molecule has 3 rings (SSSR count). The third kappa shape index (κ3) is 5.14. The lowest BCUT2D eigenvalue weighted by molar-refractivity contribution is 0.0926. The molecule has 7 heteroatoms. The van der Waals surface area contributed by atoms with Crippen molar-refractivity contribution in [1.29, 1.82) is 0 Å². The molecule has 1 heterocycles. The molecule has 1 aliphatic rings. The second-order valence-corrected chi connectivity index (χ2v) is 10.0. The minimum Gasteiger partial charge on any atom is -0.491 e. The van der Waals surface area contributed by atoms with Crippen LogP contribution >= 0.6 is 0 Å². The fraction of sp³-hybridized carbons (Fsp3) is 0.435. The lowest BCUT2D eigenvalue weighted by Gasteiger charge is -2.29. The van der Waals surface area contributed by atoms with Gasteiger partial charge in [-0.15, -0.1) is 0 Å². The van der Waals surface area contributed by atoms with Crippen molar-refractivity contribution >= 4 is 21.6 Å². The van der Waals surface area contributed by atoms with Crippen LogP contribution in [0.15, 0.2) is 36.4 Å². The molecule has 0 saturated carbocycles. The summed E-state index contributed by atoms with van der Waals surface area (Å²) in [4.78, 5) is 12.7. The summed E-state index contributed by atoms with van der Waals surface area (Å²) in [5.74, 6) is 0.671. The molecule has 2 aromatic rings. The molecule has 1 saturated heterocycles. The number of carbonyl (C=O) groups is 1. The molecular formula is C23H30N2O4S. The van der Waals surface area contributed by atoms with Gasteiger partial charge in [0.1, 0.15) is 12.4 Å². The highest BCUT2D eigenvalue weighted by molar-refractivity contribution is 7.92. The van der Waals surface area contributed by atoms with Gasteiger partial charge in [0.15, 0.2) is 0 Å². The quantitative estimate of drug-likeness (QED) is 0.758. The molecular weight excluding hydrogens is 400 g/mol. The van der Waals surface area contributed by atoms with Crippen LogP contribution in [0.4, 0.5) is 5.69 Å². The number of aryl methyl sites for hydroxylation is 3. The lowest BCUT2D eigenvalue weighted by Crippen LogP contribution is -2.39. The van der Waals surface area contributed by atoms with Crippen molar-refractivity contribution in [1.82, 2.24) is 5.32 Å². The Bertz CT molecular complexity index is 1030. The van der Waals surface area contributed by atoms with Gasteiger partial charge in [0.05, 0.1) is 17.5 Å². The summed E-state index contributed by atoms with van der Waals surface area (Å²) in [5, 5.41) is 2.93. The second-order valence-electron chi connectivity index (χ2n) is 8.03. The molecule has 162 valence electrons. The van der Waals surface area contributed by atoms with E-state index < -0.39 is 10.0 Å². The Morgan fingerprint density at radius 2 is 1.80 bits per heavy atom. The molecule has 1 atom stereocenters.